The van der Waals surface area contributed by atoms with Crippen molar-refractivity contribution >= 4 is 40.4 Å². The van der Waals surface area contributed by atoms with Gasteiger partial charge in [0.2, 0.25) is 5.91 Å². The Bertz CT molecular complexity index is 727. The molecule has 23 heavy (non-hydrogen) atoms. The zero-order valence-corrected chi connectivity index (χ0v) is 14.3. The molecule has 0 unspecified atom stereocenters. The minimum Gasteiger partial charge on any atom is -0.463 e. The molecule has 0 bridgehead atoms. The standard InChI is InChI=1S/C16H15ClN2O3S/c1-3-22-15(21)13-9(2)18-16-19(12(20)8-23-16)14(13)10-4-6-11(17)7-5-10/h4-7,14H,3,8H2,1-2H3/t14-/m1/s1. The van der Waals surface area contributed by atoms with Crippen LogP contribution in [0.1, 0.15) is 25.5 Å². The molecule has 1 fully saturated rings. The third-order valence-electron chi connectivity index (χ3n) is 3.67. The van der Waals surface area contributed by atoms with Gasteiger partial charge in [0, 0.05) is 5.02 Å². The van der Waals surface area contributed by atoms with Gasteiger partial charge in [-0.2, -0.15) is 0 Å². The molecule has 0 saturated carbocycles. The first-order chi connectivity index (χ1) is 11.0. The molecule has 3 rings (SSSR count). The molecular formula is C16H15ClN2O3S. The summed E-state index contributed by atoms with van der Waals surface area (Å²) in [7, 11) is 0. The molecule has 120 valence electrons. The molecule has 0 aromatic heterocycles. The fraction of sp³-hybridized carbons (Fsp3) is 0.312. The number of benzene rings is 1. The minimum absolute atomic E-state index is 0.0667. The maximum Gasteiger partial charge on any atom is 0.338 e. The molecule has 1 amide bonds. The van der Waals surface area contributed by atoms with Crippen molar-refractivity contribution in [1.82, 2.24) is 4.90 Å². The van der Waals surface area contributed by atoms with Crippen LogP contribution < -0.4 is 0 Å². The first kappa shape index (κ1) is 16.1. The number of amides is 1. The van der Waals surface area contributed by atoms with Gasteiger partial charge in [-0.1, -0.05) is 35.5 Å². The molecular weight excluding hydrogens is 336 g/mol. The van der Waals surface area contributed by atoms with Gasteiger partial charge in [0.1, 0.15) is 0 Å². The van der Waals surface area contributed by atoms with Gasteiger partial charge < -0.3 is 4.74 Å². The number of rotatable bonds is 3. The van der Waals surface area contributed by atoms with Crippen LogP contribution in [-0.2, 0) is 14.3 Å². The average Bonchev–Trinajstić information content (AvgIpc) is 2.88. The van der Waals surface area contributed by atoms with E-state index in [-0.39, 0.29) is 12.5 Å². The molecule has 0 radical (unpaired) electrons. The van der Waals surface area contributed by atoms with Crippen LogP contribution in [0.3, 0.4) is 0 Å². The fourth-order valence-corrected chi connectivity index (χ4v) is 3.74. The van der Waals surface area contributed by atoms with Crippen LogP contribution in [0.2, 0.25) is 5.02 Å². The number of carbonyl (C=O) groups excluding carboxylic acids is 2. The van der Waals surface area contributed by atoms with Crippen molar-refractivity contribution in [2.45, 2.75) is 19.9 Å². The maximum atomic E-state index is 12.4. The lowest BCUT2D eigenvalue weighted by Crippen LogP contribution is -2.39. The Morgan fingerprint density at radius 1 is 1.43 bits per heavy atom. The zero-order chi connectivity index (χ0) is 16.6. The van der Waals surface area contributed by atoms with Gasteiger partial charge in [0.05, 0.1) is 29.7 Å². The Labute approximate surface area is 143 Å². The smallest absolute Gasteiger partial charge is 0.338 e. The SMILES string of the molecule is CCOC(=O)C1=C(C)N=C2SCC(=O)N2[C@@H]1c1ccc(Cl)cc1. The Morgan fingerprint density at radius 3 is 2.78 bits per heavy atom. The summed E-state index contributed by atoms with van der Waals surface area (Å²) in [6.45, 7) is 3.78. The second kappa shape index (κ2) is 6.37. The first-order valence-corrected chi connectivity index (χ1v) is 8.56. The molecule has 2 aliphatic rings. The third-order valence-corrected chi connectivity index (χ3v) is 4.85. The van der Waals surface area contributed by atoms with Crippen LogP contribution in [0.4, 0.5) is 0 Å². The largest absolute Gasteiger partial charge is 0.463 e. The van der Waals surface area contributed by atoms with Gasteiger partial charge in [0.15, 0.2) is 5.17 Å². The number of fused-ring (bicyclic) bond motifs is 1. The lowest BCUT2D eigenvalue weighted by atomic mass is 9.94. The fourth-order valence-electron chi connectivity index (χ4n) is 2.67. The summed E-state index contributed by atoms with van der Waals surface area (Å²) < 4.78 is 5.17. The molecule has 7 heteroatoms. The highest BCUT2D eigenvalue weighted by atomic mass is 35.5. The number of hydrogen-bond donors (Lipinski definition) is 0. The lowest BCUT2D eigenvalue weighted by molar-refractivity contribution is -0.139. The summed E-state index contributed by atoms with van der Waals surface area (Å²) in [5.41, 5.74) is 1.78. The van der Waals surface area contributed by atoms with E-state index in [4.69, 9.17) is 16.3 Å². The van der Waals surface area contributed by atoms with E-state index in [9.17, 15) is 9.59 Å². The number of allylic oxidation sites excluding steroid dienone is 1. The second-order valence-electron chi connectivity index (χ2n) is 5.12. The van der Waals surface area contributed by atoms with Crippen LogP contribution in [0.25, 0.3) is 0 Å². The third kappa shape index (κ3) is 2.88. The lowest BCUT2D eigenvalue weighted by Gasteiger charge is -2.32. The Hall–Kier alpha value is -1.79. The molecule has 1 atom stereocenters. The number of ether oxygens (including phenoxy) is 1. The summed E-state index contributed by atoms with van der Waals surface area (Å²) in [6, 6.07) is 6.60. The predicted molar refractivity (Wildman–Crippen MR) is 90.3 cm³/mol. The monoisotopic (exact) mass is 350 g/mol. The second-order valence-corrected chi connectivity index (χ2v) is 6.50. The minimum atomic E-state index is -0.527. The quantitative estimate of drug-likeness (QED) is 0.786. The van der Waals surface area contributed by atoms with Crippen molar-refractivity contribution in [3.05, 3.63) is 46.1 Å². The van der Waals surface area contributed by atoms with E-state index >= 15 is 0 Å². The normalized spacial score (nSPS) is 20.5. The number of thioether (sulfide) groups is 1. The first-order valence-electron chi connectivity index (χ1n) is 7.19. The number of nitrogens with zero attached hydrogens (tertiary/aromatic N) is 2. The van der Waals surface area contributed by atoms with Crippen molar-refractivity contribution in [3.8, 4) is 0 Å². The van der Waals surface area contributed by atoms with Gasteiger partial charge >= 0.3 is 5.97 Å². The molecule has 5 nitrogen and oxygen atoms in total. The predicted octanol–water partition coefficient (Wildman–Crippen LogP) is 3.16. The Kier molecular flexibility index (Phi) is 4.46. The summed E-state index contributed by atoms with van der Waals surface area (Å²) in [6.07, 6.45) is 0. The van der Waals surface area contributed by atoms with Gasteiger partial charge in [-0.05, 0) is 31.5 Å². The van der Waals surface area contributed by atoms with Crippen molar-refractivity contribution in [3.63, 3.8) is 0 Å². The average molecular weight is 351 g/mol. The van der Waals surface area contributed by atoms with Gasteiger partial charge in [-0.3, -0.25) is 9.69 Å². The van der Waals surface area contributed by atoms with E-state index in [0.717, 1.165) is 5.56 Å². The van der Waals surface area contributed by atoms with Crippen LogP contribution in [0.15, 0.2) is 40.5 Å². The van der Waals surface area contributed by atoms with Crippen LogP contribution in [-0.4, -0.2) is 34.3 Å². The number of carbonyl (C=O) groups is 2. The van der Waals surface area contributed by atoms with Crippen molar-refractivity contribution in [1.29, 1.82) is 0 Å². The topological polar surface area (TPSA) is 59.0 Å². The molecule has 0 spiro atoms. The number of hydrogen-bond acceptors (Lipinski definition) is 5. The molecule has 1 aromatic carbocycles. The number of amidine groups is 1. The van der Waals surface area contributed by atoms with Gasteiger partial charge in [0.25, 0.3) is 0 Å². The van der Waals surface area contributed by atoms with Crippen LogP contribution in [0, 0.1) is 0 Å². The van der Waals surface area contributed by atoms with Gasteiger partial charge in [-0.25, -0.2) is 9.79 Å². The molecule has 1 aromatic rings. The highest BCUT2D eigenvalue weighted by molar-refractivity contribution is 8.15. The summed E-state index contributed by atoms with van der Waals surface area (Å²) in [4.78, 5) is 30.7. The molecule has 2 heterocycles. The summed E-state index contributed by atoms with van der Waals surface area (Å²) >= 11 is 7.34. The van der Waals surface area contributed by atoms with E-state index < -0.39 is 12.0 Å². The number of esters is 1. The highest BCUT2D eigenvalue weighted by Crippen LogP contribution is 2.41. The summed E-state index contributed by atoms with van der Waals surface area (Å²) in [5, 5.41) is 1.22. The molecule has 0 aliphatic carbocycles. The van der Waals surface area contributed by atoms with Crippen LogP contribution in [0.5, 0.6) is 0 Å². The zero-order valence-electron chi connectivity index (χ0n) is 12.7. The highest BCUT2D eigenvalue weighted by Gasteiger charge is 2.43. The molecule has 1 saturated heterocycles. The molecule has 0 N–H and O–H groups in total. The van der Waals surface area contributed by atoms with E-state index in [1.54, 1.807) is 30.9 Å². The van der Waals surface area contributed by atoms with Crippen molar-refractivity contribution < 1.29 is 14.3 Å². The van der Waals surface area contributed by atoms with E-state index in [1.165, 1.54) is 11.8 Å². The van der Waals surface area contributed by atoms with Crippen molar-refractivity contribution in [2.75, 3.05) is 12.4 Å². The van der Waals surface area contributed by atoms with Crippen LogP contribution >= 0.6 is 23.4 Å². The Morgan fingerprint density at radius 2 is 2.13 bits per heavy atom. The molecule has 2 aliphatic heterocycles. The van der Waals surface area contributed by atoms with E-state index in [1.807, 2.05) is 12.1 Å². The van der Waals surface area contributed by atoms with Crippen molar-refractivity contribution in [2.24, 2.45) is 4.99 Å². The summed E-state index contributed by atoms with van der Waals surface area (Å²) in [5.74, 6) is -0.188. The van der Waals surface area contributed by atoms with Gasteiger partial charge in [-0.15, -0.1) is 0 Å². The number of halogens is 1. The van der Waals surface area contributed by atoms with E-state index in [0.29, 0.717) is 27.2 Å². The number of aliphatic imine (C=N–C) groups is 1. The Balaban J connectivity index is 2.13. The van der Waals surface area contributed by atoms with E-state index in [2.05, 4.69) is 4.99 Å². The maximum absolute atomic E-state index is 12.4.